The fourth-order valence-corrected chi connectivity index (χ4v) is 3.56. The van der Waals surface area contributed by atoms with E-state index >= 15 is 0 Å². The number of carboxylic acids is 1. The molecule has 0 saturated carbocycles. The first-order valence-electron chi connectivity index (χ1n) is 9.08. The predicted molar refractivity (Wildman–Crippen MR) is 100 cm³/mol. The number of hydrogen-bond donors (Lipinski definition) is 1. The number of ether oxygens (including phenoxy) is 1. The van der Waals surface area contributed by atoms with Crippen molar-refractivity contribution in [3.05, 3.63) is 53.1 Å². The molecule has 0 radical (unpaired) electrons. The fraction of sp³-hybridized carbons (Fsp3) is 0.409. The van der Waals surface area contributed by atoms with Gasteiger partial charge < -0.3 is 9.84 Å². The minimum Gasteiger partial charge on any atom is -0.482 e. The van der Waals surface area contributed by atoms with Crippen molar-refractivity contribution in [3.8, 4) is 16.9 Å². The van der Waals surface area contributed by atoms with Gasteiger partial charge in [0.2, 0.25) is 0 Å². The van der Waals surface area contributed by atoms with Crippen LogP contribution in [0.15, 0.2) is 36.4 Å². The molecule has 1 aliphatic rings. The molecular formula is C22H26O3. The third-order valence-corrected chi connectivity index (χ3v) is 4.86. The Morgan fingerprint density at radius 2 is 1.80 bits per heavy atom. The summed E-state index contributed by atoms with van der Waals surface area (Å²) in [6, 6.07) is 12.3. The lowest BCUT2D eigenvalue weighted by Gasteiger charge is -2.35. The topological polar surface area (TPSA) is 46.5 Å². The smallest absolute Gasteiger partial charge is 0.307 e. The van der Waals surface area contributed by atoms with Gasteiger partial charge in [-0.3, -0.25) is 4.79 Å². The van der Waals surface area contributed by atoms with E-state index in [1.807, 2.05) is 18.2 Å². The Bertz CT molecular complexity index is 790. The van der Waals surface area contributed by atoms with Crippen LogP contribution in [0.4, 0.5) is 0 Å². The van der Waals surface area contributed by atoms with E-state index in [-0.39, 0.29) is 6.42 Å². The van der Waals surface area contributed by atoms with Crippen molar-refractivity contribution in [2.24, 2.45) is 0 Å². The Hall–Kier alpha value is -2.29. The SMILES string of the molecule is CCCCCc1ccc2c(c1)OC(C)(C)c1ccc(CC(=O)O)cc1-2. The van der Waals surface area contributed by atoms with Gasteiger partial charge in [-0.05, 0) is 49.4 Å². The molecule has 3 heteroatoms. The van der Waals surface area contributed by atoms with Gasteiger partial charge in [0.1, 0.15) is 11.4 Å². The largest absolute Gasteiger partial charge is 0.482 e. The number of aliphatic carboxylic acids is 1. The molecule has 0 fully saturated rings. The van der Waals surface area contributed by atoms with Gasteiger partial charge in [-0.1, -0.05) is 50.1 Å². The average Bonchev–Trinajstić information content (AvgIpc) is 2.53. The van der Waals surface area contributed by atoms with Crippen molar-refractivity contribution >= 4 is 5.97 Å². The molecule has 3 rings (SSSR count). The van der Waals surface area contributed by atoms with Crippen LogP contribution in [0.1, 0.15) is 56.7 Å². The molecule has 0 unspecified atom stereocenters. The molecule has 0 saturated heterocycles. The lowest BCUT2D eigenvalue weighted by atomic mass is 9.84. The summed E-state index contributed by atoms with van der Waals surface area (Å²) in [5.74, 6) is 0.0942. The summed E-state index contributed by atoms with van der Waals surface area (Å²) in [4.78, 5) is 11.1. The number of carbonyl (C=O) groups is 1. The van der Waals surface area contributed by atoms with Crippen LogP contribution < -0.4 is 4.74 Å². The molecule has 1 aliphatic heterocycles. The van der Waals surface area contributed by atoms with Crippen LogP contribution in [0, 0.1) is 0 Å². The molecular weight excluding hydrogens is 312 g/mol. The van der Waals surface area contributed by atoms with Crippen molar-refractivity contribution in [1.82, 2.24) is 0 Å². The highest BCUT2D eigenvalue weighted by Crippen LogP contribution is 2.45. The molecule has 0 spiro atoms. The summed E-state index contributed by atoms with van der Waals surface area (Å²) >= 11 is 0. The molecule has 0 amide bonds. The van der Waals surface area contributed by atoms with Gasteiger partial charge in [-0.25, -0.2) is 0 Å². The van der Waals surface area contributed by atoms with Gasteiger partial charge in [-0.15, -0.1) is 0 Å². The highest BCUT2D eigenvalue weighted by atomic mass is 16.5. The van der Waals surface area contributed by atoms with E-state index in [1.54, 1.807) is 0 Å². The first kappa shape index (κ1) is 17.5. The normalized spacial score (nSPS) is 14.4. The van der Waals surface area contributed by atoms with Crippen molar-refractivity contribution < 1.29 is 14.6 Å². The van der Waals surface area contributed by atoms with E-state index in [0.29, 0.717) is 0 Å². The van der Waals surface area contributed by atoms with Crippen molar-refractivity contribution in [3.63, 3.8) is 0 Å². The van der Waals surface area contributed by atoms with Gasteiger partial charge >= 0.3 is 5.97 Å². The quantitative estimate of drug-likeness (QED) is 0.723. The van der Waals surface area contributed by atoms with E-state index < -0.39 is 11.6 Å². The average molecular weight is 338 g/mol. The highest BCUT2D eigenvalue weighted by Gasteiger charge is 2.32. The molecule has 2 aromatic carbocycles. The van der Waals surface area contributed by atoms with E-state index in [2.05, 4.69) is 39.0 Å². The zero-order valence-corrected chi connectivity index (χ0v) is 15.3. The van der Waals surface area contributed by atoms with Crippen LogP contribution in [-0.2, 0) is 23.2 Å². The Balaban J connectivity index is 2.00. The first-order valence-corrected chi connectivity index (χ1v) is 9.08. The molecule has 0 bridgehead atoms. The number of unbranched alkanes of at least 4 members (excludes halogenated alkanes) is 2. The van der Waals surface area contributed by atoms with Crippen LogP contribution in [0.2, 0.25) is 0 Å². The van der Waals surface area contributed by atoms with Crippen molar-refractivity contribution in [1.29, 1.82) is 0 Å². The summed E-state index contributed by atoms with van der Waals surface area (Å²) < 4.78 is 6.30. The summed E-state index contributed by atoms with van der Waals surface area (Å²) in [6.07, 6.45) is 4.76. The third kappa shape index (κ3) is 3.71. The van der Waals surface area contributed by atoms with Crippen LogP contribution in [0.25, 0.3) is 11.1 Å². The maximum absolute atomic E-state index is 11.1. The maximum atomic E-state index is 11.1. The maximum Gasteiger partial charge on any atom is 0.307 e. The lowest BCUT2D eigenvalue weighted by molar-refractivity contribution is -0.136. The van der Waals surface area contributed by atoms with E-state index in [0.717, 1.165) is 34.4 Å². The zero-order chi connectivity index (χ0) is 18.0. The second kappa shape index (κ2) is 6.91. The second-order valence-electron chi connectivity index (χ2n) is 7.35. The van der Waals surface area contributed by atoms with Crippen molar-refractivity contribution in [2.75, 3.05) is 0 Å². The standard InChI is InChI=1S/C22H26O3/c1-4-5-6-7-15-8-10-17-18-12-16(14-21(23)24)9-11-19(18)22(2,3)25-20(17)13-15/h8-13H,4-7,14H2,1-3H3,(H,23,24). The summed E-state index contributed by atoms with van der Waals surface area (Å²) in [7, 11) is 0. The van der Waals surface area contributed by atoms with Gasteiger partial charge in [0.25, 0.3) is 0 Å². The van der Waals surface area contributed by atoms with Gasteiger partial charge in [0, 0.05) is 11.1 Å². The van der Waals surface area contributed by atoms with Crippen molar-refractivity contribution in [2.45, 2.75) is 58.5 Å². The van der Waals surface area contributed by atoms with Crippen LogP contribution in [0.3, 0.4) is 0 Å². The number of hydrogen-bond acceptors (Lipinski definition) is 2. The fourth-order valence-electron chi connectivity index (χ4n) is 3.56. The number of fused-ring (bicyclic) bond motifs is 3. The summed E-state index contributed by atoms with van der Waals surface area (Å²) in [5, 5.41) is 9.08. The molecule has 0 aromatic heterocycles. The van der Waals surface area contributed by atoms with Gasteiger partial charge in [0.05, 0.1) is 6.42 Å². The molecule has 1 N–H and O–H groups in total. The zero-order valence-electron chi connectivity index (χ0n) is 15.3. The number of aryl methyl sites for hydroxylation is 1. The molecule has 0 aliphatic carbocycles. The van der Waals surface area contributed by atoms with Gasteiger partial charge in [0.15, 0.2) is 0 Å². The number of rotatable bonds is 6. The van der Waals surface area contributed by atoms with E-state index in [1.165, 1.54) is 24.8 Å². The molecule has 3 nitrogen and oxygen atoms in total. The Morgan fingerprint density at radius 3 is 2.52 bits per heavy atom. The van der Waals surface area contributed by atoms with E-state index in [4.69, 9.17) is 9.84 Å². The third-order valence-electron chi connectivity index (χ3n) is 4.86. The number of benzene rings is 2. The Labute approximate surface area is 149 Å². The van der Waals surface area contributed by atoms with E-state index in [9.17, 15) is 4.79 Å². The van der Waals surface area contributed by atoms with Crippen LogP contribution in [-0.4, -0.2) is 11.1 Å². The first-order chi connectivity index (χ1) is 11.9. The van der Waals surface area contributed by atoms with Crippen LogP contribution >= 0.6 is 0 Å². The van der Waals surface area contributed by atoms with Crippen LogP contribution in [0.5, 0.6) is 5.75 Å². The van der Waals surface area contributed by atoms with Gasteiger partial charge in [-0.2, -0.15) is 0 Å². The predicted octanol–water partition coefficient (Wildman–Crippen LogP) is 5.34. The molecule has 0 atom stereocenters. The second-order valence-corrected chi connectivity index (χ2v) is 7.35. The highest BCUT2D eigenvalue weighted by molar-refractivity contribution is 5.79. The Morgan fingerprint density at radius 1 is 1.04 bits per heavy atom. The monoisotopic (exact) mass is 338 g/mol. The Kier molecular flexibility index (Phi) is 4.85. The lowest BCUT2D eigenvalue weighted by Crippen LogP contribution is -2.29. The minimum absolute atomic E-state index is 0.0407. The summed E-state index contributed by atoms with van der Waals surface area (Å²) in [5.41, 5.74) is 4.94. The molecule has 25 heavy (non-hydrogen) atoms. The summed E-state index contributed by atoms with van der Waals surface area (Å²) in [6.45, 7) is 6.34. The molecule has 1 heterocycles. The number of carboxylic acid groups (broad SMARTS) is 1. The molecule has 132 valence electrons. The molecule has 2 aromatic rings. The minimum atomic E-state index is -0.808.